The lowest BCUT2D eigenvalue weighted by Crippen LogP contribution is -2.23. The Kier molecular flexibility index (Phi) is 7.72. The zero-order valence-corrected chi connectivity index (χ0v) is 19.5. The molecule has 3 aromatic carbocycles. The number of aromatic nitrogens is 2. The molecule has 0 atom stereocenters. The standard InChI is InChI=1S/C29H26N4O2/c1-2-16-35-27-15-9-12-23(18-27)28-25(21-33(32-28)26-13-7-4-8-14-26)17-24(19-30)29(34)31-20-22-10-5-3-6-11-22/h3-15,17-18,21H,2,16,20H2,1H3,(H,31,34). The monoisotopic (exact) mass is 462 g/mol. The maximum absolute atomic E-state index is 12.8. The fourth-order valence-electron chi connectivity index (χ4n) is 3.56. The number of rotatable bonds is 9. The fourth-order valence-corrected chi connectivity index (χ4v) is 3.56. The minimum Gasteiger partial charge on any atom is -0.494 e. The van der Waals surface area contributed by atoms with Crippen LogP contribution in [-0.2, 0) is 11.3 Å². The number of carbonyl (C=O) groups is 1. The van der Waals surface area contributed by atoms with Crippen molar-refractivity contribution in [3.05, 3.63) is 108 Å². The van der Waals surface area contributed by atoms with Crippen LogP contribution in [0.5, 0.6) is 5.75 Å². The molecule has 0 aliphatic rings. The Bertz CT molecular complexity index is 1350. The summed E-state index contributed by atoms with van der Waals surface area (Å²) in [6, 6.07) is 29.0. The molecule has 1 N–H and O–H groups in total. The smallest absolute Gasteiger partial charge is 0.262 e. The van der Waals surface area contributed by atoms with Crippen molar-refractivity contribution in [2.45, 2.75) is 19.9 Å². The number of carbonyl (C=O) groups excluding carboxylic acids is 1. The third-order valence-corrected chi connectivity index (χ3v) is 5.30. The summed E-state index contributed by atoms with van der Waals surface area (Å²) < 4.78 is 7.54. The molecular weight excluding hydrogens is 436 g/mol. The topological polar surface area (TPSA) is 79.9 Å². The van der Waals surface area contributed by atoms with Crippen molar-refractivity contribution in [1.82, 2.24) is 15.1 Å². The summed E-state index contributed by atoms with van der Waals surface area (Å²) in [5.41, 5.74) is 3.99. The molecule has 6 nitrogen and oxygen atoms in total. The Morgan fingerprint density at radius 3 is 2.51 bits per heavy atom. The van der Waals surface area contributed by atoms with Crippen LogP contribution in [0.2, 0.25) is 0 Å². The third-order valence-electron chi connectivity index (χ3n) is 5.30. The predicted octanol–water partition coefficient (Wildman–Crippen LogP) is 5.55. The van der Waals surface area contributed by atoms with Gasteiger partial charge < -0.3 is 10.1 Å². The minimum atomic E-state index is -0.435. The molecule has 0 aliphatic heterocycles. The molecule has 0 saturated carbocycles. The maximum atomic E-state index is 12.8. The van der Waals surface area contributed by atoms with Gasteiger partial charge >= 0.3 is 0 Å². The molecule has 0 fully saturated rings. The zero-order chi connectivity index (χ0) is 24.5. The molecule has 1 amide bonds. The van der Waals surface area contributed by atoms with Crippen LogP contribution in [0.4, 0.5) is 0 Å². The van der Waals surface area contributed by atoms with Crippen LogP contribution in [0, 0.1) is 11.3 Å². The van der Waals surface area contributed by atoms with Gasteiger partial charge in [-0.3, -0.25) is 4.79 Å². The van der Waals surface area contributed by atoms with Crippen LogP contribution >= 0.6 is 0 Å². The number of nitriles is 1. The van der Waals surface area contributed by atoms with Crippen LogP contribution < -0.4 is 10.1 Å². The van der Waals surface area contributed by atoms with Crippen LogP contribution in [0.15, 0.2) is 96.7 Å². The quantitative estimate of drug-likeness (QED) is 0.261. The maximum Gasteiger partial charge on any atom is 0.262 e. The van der Waals surface area contributed by atoms with Crippen molar-refractivity contribution in [2.24, 2.45) is 0 Å². The van der Waals surface area contributed by atoms with Gasteiger partial charge in [-0.25, -0.2) is 4.68 Å². The summed E-state index contributed by atoms with van der Waals surface area (Å²) in [6.07, 6.45) is 4.32. The van der Waals surface area contributed by atoms with Crippen LogP contribution in [0.25, 0.3) is 23.0 Å². The van der Waals surface area contributed by atoms with Gasteiger partial charge in [-0.15, -0.1) is 0 Å². The first kappa shape index (κ1) is 23.5. The SMILES string of the molecule is CCCOc1cccc(-c2nn(-c3ccccc3)cc2C=C(C#N)C(=O)NCc2ccccc2)c1. The molecule has 6 heteroatoms. The average molecular weight is 463 g/mol. The van der Waals surface area contributed by atoms with Crippen molar-refractivity contribution < 1.29 is 9.53 Å². The summed E-state index contributed by atoms with van der Waals surface area (Å²) in [4.78, 5) is 12.8. The molecule has 0 spiro atoms. The first-order chi connectivity index (χ1) is 17.2. The second kappa shape index (κ2) is 11.5. The molecule has 0 bridgehead atoms. The van der Waals surface area contributed by atoms with E-state index in [4.69, 9.17) is 9.84 Å². The van der Waals surface area contributed by atoms with E-state index < -0.39 is 5.91 Å². The largest absolute Gasteiger partial charge is 0.494 e. The second-order valence-corrected chi connectivity index (χ2v) is 7.93. The number of nitrogens with one attached hydrogen (secondary N) is 1. The number of para-hydroxylation sites is 1. The van der Waals surface area contributed by atoms with Gasteiger partial charge in [0.05, 0.1) is 12.3 Å². The number of amides is 1. The van der Waals surface area contributed by atoms with Crippen molar-refractivity contribution in [3.63, 3.8) is 0 Å². The van der Waals surface area contributed by atoms with E-state index in [9.17, 15) is 10.1 Å². The van der Waals surface area contributed by atoms with Gasteiger partial charge in [0.15, 0.2) is 0 Å². The van der Waals surface area contributed by atoms with E-state index in [2.05, 4.69) is 12.2 Å². The summed E-state index contributed by atoms with van der Waals surface area (Å²) in [7, 11) is 0. The molecule has 174 valence electrons. The number of hydrogen-bond donors (Lipinski definition) is 1. The third kappa shape index (κ3) is 6.04. The number of hydrogen-bond acceptors (Lipinski definition) is 4. The van der Waals surface area contributed by atoms with E-state index in [1.165, 1.54) is 0 Å². The highest BCUT2D eigenvalue weighted by molar-refractivity contribution is 6.02. The van der Waals surface area contributed by atoms with Gasteiger partial charge in [-0.1, -0.05) is 67.6 Å². The number of benzene rings is 3. The highest BCUT2D eigenvalue weighted by Gasteiger charge is 2.15. The molecule has 4 rings (SSSR count). The number of nitrogens with zero attached hydrogens (tertiary/aromatic N) is 3. The molecule has 35 heavy (non-hydrogen) atoms. The molecule has 0 saturated heterocycles. The average Bonchev–Trinajstić information content (AvgIpc) is 3.34. The van der Waals surface area contributed by atoms with E-state index in [1.54, 1.807) is 10.8 Å². The Labute approximate surface area is 205 Å². The Morgan fingerprint density at radius 2 is 1.80 bits per heavy atom. The second-order valence-electron chi connectivity index (χ2n) is 7.93. The molecule has 0 aliphatic carbocycles. The normalized spacial score (nSPS) is 11.0. The Balaban J connectivity index is 1.69. The van der Waals surface area contributed by atoms with Crippen molar-refractivity contribution in [3.8, 4) is 28.8 Å². The van der Waals surface area contributed by atoms with E-state index >= 15 is 0 Å². The molecule has 1 aromatic heterocycles. The summed E-state index contributed by atoms with van der Waals surface area (Å²) >= 11 is 0. The first-order valence-corrected chi connectivity index (χ1v) is 11.5. The molecular formula is C29H26N4O2. The van der Waals surface area contributed by atoms with Gasteiger partial charge in [-0.2, -0.15) is 10.4 Å². The number of ether oxygens (including phenoxy) is 1. The first-order valence-electron chi connectivity index (χ1n) is 11.5. The van der Waals surface area contributed by atoms with E-state index in [0.29, 0.717) is 24.4 Å². The zero-order valence-electron chi connectivity index (χ0n) is 19.5. The van der Waals surface area contributed by atoms with E-state index in [0.717, 1.165) is 29.0 Å². The Morgan fingerprint density at radius 1 is 1.06 bits per heavy atom. The lowest BCUT2D eigenvalue weighted by Gasteiger charge is -2.07. The van der Waals surface area contributed by atoms with Crippen LogP contribution in [0.1, 0.15) is 24.5 Å². The lowest BCUT2D eigenvalue weighted by molar-refractivity contribution is -0.117. The molecule has 0 radical (unpaired) electrons. The summed E-state index contributed by atoms with van der Waals surface area (Å²) in [6.45, 7) is 3.01. The molecule has 1 heterocycles. The fraction of sp³-hybridized carbons (Fsp3) is 0.138. The van der Waals surface area contributed by atoms with Gasteiger partial charge in [0.25, 0.3) is 5.91 Å². The summed E-state index contributed by atoms with van der Waals surface area (Å²) in [5.74, 6) is 0.310. The van der Waals surface area contributed by atoms with Crippen LogP contribution in [-0.4, -0.2) is 22.3 Å². The van der Waals surface area contributed by atoms with Crippen molar-refractivity contribution in [1.29, 1.82) is 5.26 Å². The van der Waals surface area contributed by atoms with Gasteiger partial charge in [0, 0.05) is 23.9 Å². The van der Waals surface area contributed by atoms with E-state index in [1.807, 2.05) is 97.2 Å². The van der Waals surface area contributed by atoms with Crippen molar-refractivity contribution in [2.75, 3.05) is 6.61 Å². The Hall–Kier alpha value is -4.63. The van der Waals surface area contributed by atoms with Gasteiger partial charge in [0.2, 0.25) is 0 Å². The lowest BCUT2D eigenvalue weighted by atomic mass is 10.1. The minimum absolute atomic E-state index is 0.00757. The molecule has 0 unspecified atom stereocenters. The van der Waals surface area contributed by atoms with Crippen LogP contribution in [0.3, 0.4) is 0 Å². The van der Waals surface area contributed by atoms with Crippen molar-refractivity contribution >= 4 is 12.0 Å². The predicted molar refractivity (Wildman–Crippen MR) is 137 cm³/mol. The summed E-state index contributed by atoms with van der Waals surface area (Å²) in [5, 5.41) is 17.4. The van der Waals surface area contributed by atoms with E-state index in [-0.39, 0.29) is 5.57 Å². The van der Waals surface area contributed by atoms with Gasteiger partial charge in [-0.05, 0) is 42.3 Å². The highest BCUT2D eigenvalue weighted by Crippen LogP contribution is 2.28. The van der Waals surface area contributed by atoms with Gasteiger partial charge in [0.1, 0.15) is 23.1 Å². The molecule has 4 aromatic rings. The highest BCUT2D eigenvalue weighted by atomic mass is 16.5.